The van der Waals surface area contributed by atoms with Gasteiger partial charge in [-0.1, -0.05) is 12.1 Å². The van der Waals surface area contributed by atoms with Crippen molar-refractivity contribution in [3.8, 4) is 17.5 Å². The van der Waals surface area contributed by atoms with E-state index in [-0.39, 0.29) is 5.92 Å². The highest BCUT2D eigenvalue weighted by Crippen LogP contribution is 2.28. The van der Waals surface area contributed by atoms with Crippen LogP contribution in [0.3, 0.4) is 0 Å². The maximum Gasteiger partial charge on any atom is 0.324 e. The van der Waals surface area contributed by atoms with E-state index in [4.69, 9.17) is 9.68 Å². The summed E-state index contributed by atoms with van der Waals surface area (Å²) in [6.07, 6.45) is 0. The molecule has 0 radical (unpaired) electrons. The second-order valence-corrected chi connectivity index (χ2v) is 7.06. The average molecular weight is 381 g/mol. The third-order valence-corrected chi connectivity index (χ3v) is 5.00. The van der Waals surface area contributed by atoms with Crippen LogP contribution in [-0.4, -0.2) is 22.0 Å². The summed E-state index contributed by atoms with van der Waals surface area (Å²) in [7, 11) is 0. The van der Waals surface area contributed by atoms with Crippen molar-refractivity contribution in [3.05, 3.63) is 48.2 Å². The first-order valence-electron chi connectivity index (χ1n) is 8.37. The number of urea groups is 1. The van der Waals surface area contributed by atoms with Gasteiger partial charge in [0.05, 0.1) is 17.7 Å². The topological polar surface area (TPSA) is 107 Å². The smallest absolute Gasteiger partial charge is 0.324 e. The van der Waals surface area contributed by atoms with Crippen LogP contribution in [0.1, 0.15) is 12.7 Å². The van der Waals surface area contributed by atoms with E-state index < -0.39 is 6.03 Å². The Kier molecular flexibility index (Phi) is 5.84. The molecule has 2 heterocycles. The molecule has 0 saturated heterocycles. The van der Waals surface area contributed by atoms with Crippen molar-refractivity contribution >= 4 is 29.3 Å². The normalized spacial score (nSPS) is 11.6. The fraction of sp³-hybridized carbons (Fsp3) is 0.211. The number of amides is 2. The van der Waals surface area contributed by atoms with Crippen LogP contribution in [-0.2, 0) is 0 Å². The number of aryl methyl sites for hydroxylation is 1. The maximum atomic E-state index is 12.3. The number of nitrogens with one attached hydrogen (secondary N) is 3. The lowest BCUT2D eigenvalue weighted by atomic mass is 10.3. The minimum Gasteiger partial charge on any atom is -0.460 e. The molecule has 0 spiro atoms. The number of aromatic amines is 1. The standard InChI is InChI=1S/C19H19N5O2S/c1-12(10-20)11-27-17-6-4-3-5-14(17)21-19(25)22-18-9-15(23-24-18)16-8-7-13(2)26-16/h3-9,12H,11H2,1-2H3,(H3,21,22,23,24,25)/t12-/m0/s1. The summed E-state index contributed by atoms with van der Waals surface area (Å²) in [5.74, 6) is 2.43. The quantitative estimate of drug-likeness (QED) is 0.528. The Hall–Kier alpha value is -3.18. The molecule has 27 heavy (non-hydrogen) atoms. The predicted molar refractivity (Wildman–Crippen MR) is 106 cm³/mol. The lowest BCUT2D eigenvalue weighted by Crippen LogP contribution is -2.20. The number of carbonyl (C=O) groups is 1. The van der Waals surface area contributed by atoms with Crippen LogP contribution in [0.15, 0.2) is 51.8 Å². The Balaban J connectivity index is 1.63. The van der Waals surface area contributed by atoms with Gasteiger partial charge in [-0.15, -0.1) is 11.8 Å². The van der Waals surface area contributed by atoms with E-state index in [9.17, 15) is 4.79 Å². The first-order chi connectivity index (χ1) is 13.0. The SMILES string of the molecule is Cc1ccc(-c2cc(NC(=O)Nc3ccccc3SC[C@@H](C)C#N)n[nH]2)o1. The molecule has 0 bridgehead atoms. The van der Waals surface area contributed by atoms with Crippen LogP contribution < -0.4 is 10.6 Å². The number of anilines is 2. The second kappa shape index (κ2) is 8.47. The summed E-state index contributed by atoms with van der Waals surface area (Å²) < 4.78 is 5.53. The summed E-state index contributed by atoms with van der Waals surface area (Å²) >= 11 is 1.53. The summed E-state index contributed by atoms with van der Waals surface area (Å²) in [5.41, 5.74) is 1.36. The van der Waals surface area contributed by atoms with Crippen LogP contribution in [0.4, 0.5) is 16.3 Å². The molecule has 0 aliphatic rings. The number of furan rings is 1. The molecular weight excluding hydrogens is 362 g/mol. The van der Waals surface area contributed by atoms with E-state index in [1.165, 1.54) is 11.8 Å². The number of benzene rings is 1. The Morgan fingerprint density at radius 3 is 2.89 bits per heavy atom. The minimum absolute atomic E-state index is 0.0652. The molecule has 1 atom stereocenters. The molecule has 0 saturated carbocycles. The van der Waals surface area contributed by atoms with Gasteiger partial charge in [0.1, 0.15) is 11.5 Å². The fourth-order valence-electron chi connectivity index (χ4n) is 2.31. The monoisotopic (exact) mass is 381 g/mol. The number of nitriles is 1. The molecule has 8 heteroatoms. The van der Waals surface area contributed by atoms with Crippen LogP contribution in [0, 0.1) is 24.2 Å². The number of hydrogen-bond donors (Lipinski definition) is 3. The van der Waals surface area contributed by atoms with Crippen molar-refractivity contribution in [2.75, 3.05) is 16.4 Å². The Labute approximate surface area is 161 Å². The number of carbonyl (C=O) groups excluding carboxylic acids is 1. The van der Waals surface area contributed by atoms with Crippen LogP contribution in [0.2, 0.25) is 0 Å². The Morgan fingerprint density at radius 2 is 2.15 bits per heavy atom. The highest BCUT2D eigenvalue weighted by Gasteiger charge is 2.12. The third kappa shape index (κ3) is 4.92. The van der Waals surface area contributed by atoms with Crippen molar-refractivity contribution in [1.82, 2.24) is 10.2 Å². The van der Waals surface area contributed by atoms with Crippen LogP contribution in [0.5, 0.6) is 0 Å². The summed E-state index contributed by atoms with van der Waals surface area (Å²) in [6.45, 7) is 3.73. The second-order valence-electron chi connectivity index (χ2n) is 5.99. The summed E-state index contributed by atoms with van der Waals surface area (Å²) in [6, 6.07) is 14.7. The van der Waals surface area contributed by atoms with Gasteiger partial charge in [-0.3, -0.25) is 10.4 Å². The van der Waals surface area contributed by atoms with E-state index in [1.807, 2.05) is 50.2 Å². The minimum atomic E-state index is -0.398. The van der Waals surface area contributed by atoms with Gasteiger partial charge in [0.15, 0.2) is 11.6 Å². The highest BCUT2D eigenvalue weighted by molar-refractivity contribution is 7.99. The van der Waals surface area contributed by atoms with Crippen LogP contribution >= 0.6 is 11.8 Å². The van der Waals surface area contributed by atoms with E-state index in [2.05, 4.69) is 26.9 Å². The van der Waals surface area contributed by atoms with Gasteiger partial charge < -0.3 is 9.73 Å². The number of aromatic nitrogens is 2. The molecule has 3 aromatic rings. The van der Waals surface area contributed by atoms with Crippen molar-refractivity contribution in [2.24, 2.45) is 5.92 Å². The van der Waals surface area contributed by atoms with Crippen molar-refractivity contribution in [2.45, 2.75) is 18.7 Å². The summed E-state index contributed by atoms with van der Waals surface area (Å²) in [5, 5.41) is 21.3. The lowest BCUT2D eigenvalue weighted by Gasteiger charge is -2.11. The molecular formula is C19H19N5O2S. The lowest BCUT2D eigenvalue weighted by molar-refractivity contribution is 0.262. The average Bonchev–Trinajstić information content (AvgIpc) is 3.29. The molecule has 0 fully saturated rings. The molecule has 1 aromatic carbocycles. The molecule has 0 aliphatic heterocycles. The van der Waals surface area contributed by atoms with Crippen molar-refractivity contribution in [3.63, 3.8) is 0 Å². The zero-order chi connectivity index (χ0) is 19.2. The van der Waals surface area contributed by atoms with Gasteiger partial charge in [-0.05, 0) is 38.1 Å². The third-order valence-electron chi connectivity index (χ3n) is 3.67. The molecule has 3 rings (SSSR count). The number of H-pyrrole nitrogens is 1. The molecule has 7 nitrogen and oxygen atoms in total. The molecule has 138 valence electrons. The van der Waals surface area contributed by atoms with Gasteiger partial charge in [0.25, 0.3) is 0 Å². The zero-order valence-electron chi connectivity index (χ0n) is 14.9. The molecule has 2 aromatic heterocycles. The number of hydrogen-bond acceptors (Lipinski definition) is 5. The van der Waals surface area contributed by atoms with Gasteiger partial charge in [0.2, 0.25) is 0 Å². The summed E-state index contributed by atoms with van der Waals surface area (Å²) in [4.78, 5) is 13.2. The molecule has 0 unspecified atom stereocenters. The largest absolute Gasteiger partial charge is 0.460 e. The Bertz CT molecular complexity index is 972. The molecule has 0 aliphatic carbocycles. The predicted octanol–water partition coefficient (Wildman–Crippen LogP) is 4.87. The van der Waals surface area contributed by atoms with Crippen molar-refractivity contribution < 1.29 is 9.21 Å². The maximum absolute atomic E-state index is 12.3. The first-order valence-corrected chi connectivity index (χ1v) is 9.35. The molecule has 3 N–H and O–H groups in total. The number of thioether (sulfide) groups is 1. The van der Waals surface area contributed by atoms with Crippen molar-refractivity contribution in [1.29, 1.82) is 5.26 Å². The van der Waals surface area contributed by atoms with Gasteiger partial charge in [0, 0.05) is 16.7 Å². The fourth-order valence-corrected chi connectivity index (χ4v) is 3.26. The highest BCUT2D eigenvalue weighted by atomic mass is 32.2. The molecule has 2 amide bonds. The van der Waals surface area contributed by atoms with E-state index in [0.29, 0.717) is 28.7 Å². The van der Waals surface area contributed by atoms with E-state index >= 15 is 0 Å². The van der Waals surface area contributed by atoms with E-state index in [0.717, 1.165) is 10.7 Å². The zero-order valence-corrected chi connectivity index (χ0v) is 15.8. The number of nitrogens with zero attached hydrogens (tertiary/aromatic N) is 2. The van der Waals surface area contributed by atoms with Gasteiger partial charge in [-0.25, -0.2) is 4.79 Å². The van der Waals surface area contributed by atoms with E-state index in [1.54, 1.807) is 6.07 Å². The van der Waals surface area contributed by atoms with Gasteiger partial charge in [-0.2, -0.15) is 10.4 Å². The van der Waals surface area contributed by atoms with Gasteiger partial charge >= 0.3 is 6.03 Å². The first kappa shape index (κ1) is 18.6. The van der Waals surface area contributed by atoms with Crippen LogP contribution in [0.25, 0.3) is 11.5 Å². The number of rotatable bonds is 6. The number of para-hydroxylation sites is 1. The Morgan fingerprint density at radius 1 is 1.33 bits per heavy atom.